The van der Waals surface area contributed by atoms with E-state index < -0.39 is 0 Å². The highest BCUT2D eigenvalue weighted by Crippen LogP contribution is 2.35. The van der Waals surface area contributed by atoms with Gasteiger partial charge in [0, 0.05) is 16.8 Å². The van der Waals surface area contributed by atoms with Crippen molar-refractivity contribution in [3.05, 3.63) is 46.1 Å². The van der Waals surface area contributed by atoms with Crippen LogP contribution in [0, 0.1) is 6.92 Å². The van der Waals surface area contributed by atoms with Crippen molar-refractivity contribution in [3.63, 3.8) is 0 Å². The fourth-order valence-electron chi connectivity index (χ4n) is 2.08. The van der Waals surface area contributed by atoms with Crippen LogP contribution >= 0.6 is 23.2 Å². The van der Waals surface area contributed by atoms with Crippen molar-refractivity contribution in [2.75, 3.05) is 5.73 Å². The number of fused-ring (bicyclic) bond motifs is 1. The molecule has 0 amide bonds. The largest absolute Gasteiger partial charge is 0.366 e. The number of hydrogen-bond acceptors (Lipinski definition) is 3. The van der Waals surface area contributed by atoms with E-state index in [9.17, 15) is 0 Å². The second-order valence-electron chi connectivity index (χ2n) is 4.17. The number of nitrogen functional groups attached to an aromatic ring is 1. The minimum atomic E-state index is 0.248. The Bertz CT molecular complexity index is 780. The zero-order valence-electron chi connectivity index (χ0n) is 10.1. The van der Waals surface area contributed by atoms with Crippen molar-refractivity contribution < 1.29 is 0 Å². The molecule has 3 aromatic rings. The standard InChI is InChI=1S/C13H10Cl2N4/c1-7-8(9-3-2-4-10(14)12(9)15)5-6-11-17-13(16)18-19(7)11/h2-6H,1H3,(H2,16,18). The zero-order chi connectivity index (χ0) is 13.6. The molecular formula is C13H10Cl2N4. The summed E-state index contributed by atoms with van der Waals surface area (Å²) in [5.41, 5.74) is 9.04. The SMILES string of the molecule is Cc1c(-c2cccc(Cl)c2Cl)ccc2nc(N)nn12. The number of aryl methyl sites for hydroxylation is 1. The van der Waals surface area contributed by atoms with Gasteiger partial charge in [-0.3, -0.25) is 0 Å². The number of rotatable bonds is 1. The third-order valence-electron chi connectivity index (χ3n) is 3.00. The Labute approximate surface area is 119 Å². The van der Waals surface area contributed by atoms with E-state index in [4.69, 9.17) is 28.9 Å². The van der Waals surface area contributed by atoms with Gasteiger partial charge in [-0.2, -0.15) is 4.98 Å². The molecule has 4 nitrogen and oxygen atoms in total. The van der Waals surface area contributed by atoms with Crippen LogP contribution in [0.2, 0.25) is 10.0 Å². The van der Waals surface area contributed by atoms with Crippen molar-refractivity contribution in [3.8, 4) is 11.1 Å². The number of hydrogen-bond donors (Lipinski definition) is 1. The first-order valence-electron chi connectivity index (χ1n) is 5.64. The lowest BCUT2D eigenvalue weighted by molar-refractivity contribution is 0.922. The Balaban J connectivity index is 2.31. The van der Waals surface area contributed by atoms with Crippen LogP contribution in [0.3, 0.4) is 0 Å². The topological polar surface area (TPSA) is 56.2 Å². The van der Waals surface area contributed by atoms with Gasteiger partial charge < -0.3 is 5.73 Å². The first-order valence-corrected chi connectivity index (χ1v) is 6.40. The van der Waals surface area contributed by atoms with Crippen LogP contribution in [0.5, 0.6) is 0 Å². The molecule has 6 heteroatoms. The molecule has 0 bridgehead atoms. The Kier molecular flexibility index (Phi) is 2.84. The summed E-state index contributed by atoms with van der Waals surface area (Å²) in [6, 6.07) is 9.33. The van der Waals surface area contributed by atoms with Crippen molar-refractivity contribution in [2.24, 2.45) is 0 Å². The van der Waals surface area contributed by atoms with Gasteiger partial charge in [0.05, 0.1) is 10.0 Å². The van der Waals surface area contributed by atoms with Crippen molar-refractivity contribution >= 4 is 34.8 Å². The van der Waals surface area contributed by atoms with Gasteiger partial charge in [-0.05, 0) is 25.1 Å². The third-order valence-corrected chi connectivity index (χ3v) is 3.82. The number of nitrogens with two attached hydrogens (primary N) is 1. The average molecular weight is 293 g/mol. The van der Waals surface area contributed by atoms with E-state index in [1.165, 1.54) is 0 Å². The number of pyridine rings is 1. The smallest absolute Gasteiger partial charge is 0.240 e. The Hall–Kier alpha value is -1.78. The predicted octanol–water partition coefficient (Wildman–Crippen LogP) is 3.59. The number of benzene rings is 1. The van der Waals surface area contributed by atoms with Gasteiger partial charge in [-0.15, -0.1) is 5.10 Å². The molecule has 0 fully saturated rings. The second-order valence-corrected chi connectivity index (χ2v) is 4.96. The highest BCUT2D eigenvalue weighted by molar-refractivity contribution is 6.43. The van der Waals surface area contributed by atoms with E-state index >= 15 is 0 Å². The van der Waals surface area contributed by atoms with Crippen molar-refractivity contribution in [1.82, 2.24) is 14.6 Å². The van der Waals surface area contributed by atoms with Crippen LogP contribution in [-0.4, -0.2) is 14.6 Å². The number of aromatic nitrogens is 3. The molecule has 0 spiro atoms. The molecule has 0 aliphatic heterocycles. The first kappa shape index (κ1) is 12.3. The van der Waals surface area contributed by atoms with Gasteiger partial charge in [-0.25, -0.2) is 4.52 Å². The number of halogens is 2. The van der Waals surface area contributed by atoms with Crippen LogP contribution in [0.1, 0.15) is 5.69 Å². The van der Waals surface area contributed by atoms with Gasteiger partial charge in [-0.1, -0.05) is 35.3 Å². The molecule has 0 unspecified atom stereocenters. The van der Waals surface area contributed by atoms with Crippen LogP contribution in [0.25, 0.3) is 16.8 Å². The summed E-state index contributed by atoms with van der Waals surface area (Å²) in [5.74, 6) is 0.248. The summed E-state index contributed by atoms with van der Waals surface area (Å²) in [7, 11) is 0. The van der Waals surface area contributed by atoms with E-state index in [1.54, 1.807) is 10.6 Å². The number of anilines is 1. The Morgan fingerprint density at radius 2 is 1.89 bits per heavy atom. The van der Waals surface area contributed by atoms with E-state index in [2.05, 4.69) is 10.1 Å². The van der Waals surface area contributed by atoms with E-state index in [-0.39, 0.29) is 5.95 Å². The van der Waals surface area contributed by atoms with Gasteiger partial charge in [0.25, 0.3) is 0 Å². The summed E-state index contributed by atoms with van der Waals surface area (Å²) in [4.78, 5) is 4.12. The highest BCUT2D eigenvalue weighted by atomic mass is 35.5. The molecule has 0 aliphatic rings. The normalized spacial score (nSPS) is 11.1. The highest BCUT2D eigenvalue weighted by Gasteiger charge is 2.12. The Morgan fingerprint density at radius 1 is 1.11 bits per heavy atom. The zero-order valence-corrected chi connectivity index (χ0v) is 11.6. The molecule has 3 rings (SSSR count). The van der Waals surface area contributed by atoms with Gasteiger partial charge >= 0.3 is 0 Å². The van der Waals surface area contributed by atoms with Crippen LogP contribution < -0.4 is 5.73 Å². The fourth-order valence-corrected chi connectivity index (χ4v) is 2.49. The molecule has 0 saturated heterocycles. The van der Waals surface area contributed by atoms with Crippen LogP contribution in [-0.2, 0) is 0 Å². The summed E-state index contributed by atoms with van der Waals surface area (Å²) >= 11 is 12.3. The predicted molar refractivity (Wildman–Crippen MR) is 77.6 cm³/mol. The molecule has 19 heavy (non-hydrogen) atoms. The molecule has 2 aromatic heterocycles. The van der Waals surface area contributed by atoms with Crippen molar-refractivity contribution in [1.29, 1.82) is 0 Å². The third kappa shape index (κ3) is 1.93. The maximum atomic E-state index is 6.25. The maximum absolute atomic E-state index is 6.25. The minimum absolute atomic E-state index is 0.248. The van der Waals surface area contributed by atoms with E-state index in [1.807, 2.05) is 31.2 Å². The summed E-state index contributed by atoms with van der Waals surface area (Å²) in [6.07, 6.45) is 0. The molecule has 1 aromatic carbocycles. The van der Waals surface area contributed by atoms with Gasteiger partial charge in [0.2, 0.25) is 5.95 Å². The quantitative estimate of drug-likeness (QED) is 0.746. The molecule has 0 radical (unpaired) electrons. The molecule has 0 saturated carbocycles. The lowest BCUT2D eigenvalue weighted by Crippen LogP contribution is -1.97. The first-order chi connectivity index (χ1) is 9.08. The summed E-state index contributed by atoms with van der Waals surface area (Å²) in [5, 5.41) is 5.21. The van der Waals surface area contributed by atoms with Crippen LogP contribution in [0.15, 0.2) is 30.3 Å². The molecule has 0 atom stereocenters. The maximum Gasteiger partial charge on any atom is 0.240 e. The summed E-state index contributed by atoms with van der Waals surface area (Å²) < 4.78 is 1.70. The van der Waals surface area contributed by atoms with Gasteiger partial charge in [0.15, 0.2) is 5.65 Å². The van der Waals surface area contributed by atoms with Crippen LogP contribution in [0.4, 0.5) is 5.95 Å². The minimum Gasteiger partial charge on any atom is -0.366 e. The molecular weight excluding hydrogens is 283 g/mol. The van der Waals surface area contributed by atoms with Gasteiger partial charge in [0.1, 0.15) is 0 Å². The Morgan fingerprint density at radius 3 is 2.68 bits per heavy atom. The molecule has 0 aliphatic carbocycles. The van der Waals surface area contributed by atoms with E-state index in [0.29, 0.717) is 15.7 Å². The summed E-state index contributed by atoms with van der Waals surface area (Å²) in [6.45, 7) is 1.94. The van der Waals surface area contributed by atoms with Crippen molar-refractivity contribution in [2.45, 2.75) is 6.92 Å². The average Bonchev–Trinajstić information content (AvgIpc) is 2.76. The molecule has 2 heterocycles. The molecule has 96 valence electrons. The lowest BCUT2D eigenvalue weighted by atomic mass is 10.0. The monoisotopic (exact) mass is 292 g/mol. The number of nitrogens with zero attached hydrogens (tertiary/aromatic N) is 3. The second kappa shape index (κ2) is 4.40. The fraction of sp³-hybridized carbons (Fsp3) is 0.0769. The van der Waals surface area contributed by atoms with E-state index in [0.717, 1.165) is 16.8 Å². The lowest BCUT2D eigenvalue weighted by Gasteiger charge is -2.10. The molecule has 2 N–H and O–H groups in total.